The summed E-state index contributed by atoms with van der Waals surface area (Å²) in [6.45, 7) is 7.00. The summed E-state index contributed by atoms with van der Waals surface area (Å²) < 4.78 is 0. The zero-order valence-corrected chi connectivity index (χ0v) is 16.3. The van der Waals surface area contributed by atoms with Gasteiger partial charge in [-0.15, -0.1) is 6.58 Å². The maximum Gasteiger partial charge on any atom is 0.311 e. The van der Waals surface area contributed by atoms with Crippen LogP contribution >= 0.6 is 0 Å². The molecule has 0 spiro atoms. The number of nitro groups is 2. The van der Waals surface area contributed by atoms with Crippen molar-refractivity contribution in [1.82, 2.24) is 0 Å². The molecule has 156 valence electrons. The summed E-state index contributed by atoms with van der Waals surface area (Å²) >= 11 is 0. The number of nitrogens with zero attached hydrogens (tertiary/aromatic N) is 2. The second-order valence-corrected chi connectivity index (χ2v) is 6.42. The lowest BCUT2D eigenvalue weighted by atomic mass is 10.0. The van der Waals surface area contributed by atoms with E-state index in [1.54, 1.807) is 32.1 Å². The Morgan fingerprint density at radius 3 is 1.79 bits per heavy atom. The summed E-state index contributed by atoms with van der Waals surface area (Å²) in [5, 5.41) is 48.9. The molecule has 0 bridgehead atoms. The molecule has 29 heavy (non-hydrogen) atoms. The Morgan fingerprint density at radius 2 is 1.38 bits per heavy atom. The first-order chi connectivity index (χ1) is 13.6. The van der Waals surface area contributed by atoms with Gasteiger partial charge < -0.3 is 15.3 Å². The zero-order chi connectivity index (χ0) is 22.1. The molecular weight excluding hydrogens is 380 g/mol. The van der Waals surface area contributed by atoms with Crippen LogP contribution in [0.5, 0.6) is 11.5 Å². The molecule has 0 saturated heterocycles. The minimum Gasteiger partial charge on any atom is -0.502 e. The fourth-order valence-corrected chi connectivity index (χ4v) is 2.72. The third-order valence-corrected chi connectivity index (χ3v) is 3.99. The van der Waals surface area contributed by atoms with Crippen molar-refractivity contribution in [2.24, 2.45) is 0 Å². The Balaban J connectivity index is 0.000000291. The number of aromatic hydroxyl groups is 2. The second kappa shape index (κ2) is 10.8. The number of benzene rings is 2. The maximum atomic E-state index is 10.6. The van der Waals surface area contributed by atoms with E-state index >= 15 is 0 Å². The number of hydrogen-bond donors (Lipinski definition) is 3. The molecule has 9 nitrogen and oxygen atoms in total. The Morgan fingerprint density at radius 1 is 0.931 bits per heavy atom. The minimum absolute atomic E-state index is 0.00117. The number of rotatable bonds is 7. The van der Waals surface area contributed by atoms with Crippen molar-refractivity contribution in [3.8, 4) is 11.5 Å². The molecule has 0 amide bonds. The van der Waals surface area contributed by atoms with Crippen LogP contribution in [0.25, 0.3) is 0 Å². The molecule has 0 unspecified atom stereocenters. The first-order valence-electron chi connectivity index (χ1n) is 8.77. The molecule has 3 N–H and O–H groups in total. The largest absolute Gasteiger partial charge is 0.502 e. The number of aryl methyl sites for hydroxylation is 3. The van der Waals surface area contributed by atoms with Crippen molar-refractivity contribution in [1.29, 1.82) is 0 Å². The van der Waals surface area contributed by atoms with Crippen LogP contribution in [-0.4, -0.2) is 31.8 Å². The summed E-state index contributed by atoms with van der Waals surface area (Å²) in [6, 6.07) is 6.09. The predicted octanol–water partition coefficient (Wildman–Crippen LogP) is 3.87. The topological polar surface area (TPSA) is 147 Å². The quantitative estimate of drug-likeness (QED) is 0.360. The number of hydrogen-bond acceptors (Lipinski definition) is 7. The summed E-state index contributed by atoms with van der Waals surface area (Å²) in [4.78, 5) is 20.0. The summed E-state index contributed by atoms with van der Waals surface area (Å²) in [7, 11) is 0. The van der Waals surface area contributed by atoms with Crippen molar-refractivity contribution in [2.45, 2.75) is 33.1 Å². The van der Waals surface area contributed by atoms with Crippen LogP contribution in [0.4, 0.5) is 11.4 Å². The van der Waals surface area contributed by atoms with Crippen LogP contribution in [0.15, 0.2) is 36.9 Å². The molecule has 2 aromatic rings. The zero-order valence-electron chi connectivity index (χ0n) is 16.3. The lowest BCUT2D eigenvalue weighted by Gasteiger charge is -2.05. The van der Waals surface area contributed by atoms with E-state index in [1.165, 1.54) is 12.1 Å². The van der Waals surface area contributed by atoms with Gasteiger partial charge in [0.25, 0.3) is 0 Å². The van der Waals surface area contributed by atoms with Gasteiger partial charge in [0.1, 0.15) is 0 Å². The van der Waals surface area contributed by atoms with E-state index in [4.69, 9.17) is 5.11 Å². The highest BCUT2D eigenvalue weighted by Gasteiger charge is 2.18. The monoisotopic (exact) mass is 404 g/mol. The molecule has 2 rings (SSSR count). The highest BCUT2D eigenvalue weighted by atomic mass is 16.6. The van der Waals surface area contributed by atoms with Gasteiger partial charge in [0.05, 0.1) is 9.85 Å². The van der Waals surface area contributed by atoms with Gasteiger partial charge in [0, 0.05) is 29.9 Å². The molecule has 9 heteroatoms. The van der Waals surface area contributed by atoms with E-state index in [2.05, 4.69) is 6.58 Å². The van der Waals surface area contributed by atoms with Crippen molar-refractivity contribution < 1.29 is 25.2 Å². The van der Waals surface area contributed by atoms with Crippen LogP contribution < -0.4 is 0 Å². The number of phenolic OH excluding ortho intramolecular Hbond substituents is 2. The number of aliphatic hydroxyl groups is 1. The second-order valence-electron chi connectivity index (χ2n) is 6.42. The molecule has 0 radical (unpaired) electrons. The third-order valence-electron chi connectivity index (χ3n) is 3.99. The molecule has 0 aromatic heterocycles. The maximum absolute atomic E-state index is 10.6. The Bertz CT molecular complexity index is 910. The van der Waals surface area contributed by atoms with Crippen molar-refractivity contribution >= 4 is 11.4 Å². The average molecular weight is 404 g/mol. The van der Waals surface area contributed by atoms with Crippen LogP contribution in [-0.2, 0) is 12.8 Å². The van der Waals surface area contributed by atoms with Gasteiger partial charge in [0.15, 0.2) is 11.5 Å². The fraction of sp³-hybridized carbons (Fsp3) is 0.300. The van der Waals surface area contributed by atoms with Crippen LogP contribution in [0.2, 0.25) is 0 Å². The lowest BCUT2D eigenvalue weighted by molar-refractivity contribution is -0.386. The number of nitro benzene ring substituents is 2. The summed E-state index contributed by atoms with van der Waals surface area (Å²) in [5.41, 5.74) is 2.01. The van der Waals surface area contributed by atoms with Crippen molar-refractivity contribution in [3.63, 3.8) is 0 Å². The third kappa shape index (κ3) is 6.58. The van der Waals surface area contributed by atoms with E-state index in [0.717, 1.165) is 11.1 Å². The van der Waals surface area contributed by atoms with Crippen molar-refractivity contribution in [3.05, 3.63) is 79.4 Å². The van der Waals surface area contributed by atoms with Gasteiger partial charge in [-0.25, -0.2) is 0 Å². The SMILES string of the molecule is C=CCc1cc(C)cc([N+](=O)[O-])c1O.Cc1cc(CCCO)c(O)c([N+](=O)[O-])c1. The molecule has 0 aliphatic rings. The van der Waals surface area contributed by atoms with E-state index in [1.807, 2.05) is 0 Å². The highest BCUT2D eigenvalue weighted by Crippen LogP contribution is 2.32. The number of phenols is 2. The molecule has 0 saturated carbocycles. The summed E-state index contributed by atoms with van der Waals surface area (Å²) in [6.07, 6.45) is 2.94. The van der Waals surface area contributed by atoms with Gasteiger partial charge in [-0.05, 0) is 44.2 Å². The van der Waals surface area contributed by atoms with E-state index in [9.17, 15) is 30.4 Å². The van der Waals surface area contributed by atoms with E-state index in [0.29, 0.717) is 30.4 Å². The van der Waals surface area contributed by atoms with Gasteiger partial charge in [-0.1, -0.05) is 18.2 Å². The first-order valence-corrected chi connectivity index (χ1v) is 8.77. The predicted molar refractivity (Wildman–Crippen MR) is 108 cm³/mol. The molecule has 2 aromatic carbocycles. The average Bonchev–Trinajstić information content (AvgIpc) is 2.65. The van der Waals surface area contributed by atoms with Gasteiger partial charge in [0.2, 0.25) is 0 Å². The first kappa shape index (κ1) is 23.6. The highest BCUT2D eigenvalue weighted by molar-refractivity contribution is 5.54. The van der Waals surface area contributed by atoms with E-state index < -0.39 is 9.85 Å². The molecule has 0 aliphatic heterocycles. The van der Waals surface area contributed by atoms with Crippen LogP contribution in [0.1, 0.15) is 28.7 Å². The molecule has 0 fully saturated rings. The molecular formula is C20H24N2O7. The van der Waals surface area contributed by atoms with Crippen molar-refractivity contribution in [2.75, 3.05) is 6.61 Å². The van der Waals surface area contributed by atoms with E-state index in [-0.39, 0.29) is 29.5 Å². The minimum atomic E-state index is -0.606. The normalized spacial score (nSPS) is 10.0. The van der Waals surface area contributed by atoms with Crippen LogP contribution in [0, 0.1) is 34.1 Å². The fourth-order valence-electron chi connectivity index (χ4n) is 2.72. The standard InChI is InChI=1S/C10H13NO4.C10H11NO3/c1-7-5-8(3-2-4-12)10(13)9(6-7)11(14)15;1-3-4-8-5-7(2)6-9(10(8)12)11(13)14/h5-6,12-13H,2-4H2,1H3;3,5-6,12H,1,4H2,2H3. The molecule has 0 heterocycles. The molecule has 0 aliphatic carbocycles. The van der Waals surface area contributed by atoms with Crippen LogP contribution in [0.3, 0.4) is 0 Å². The Labute approximate surface area is 167 Å². The Kier molecular flexibility index (Phi) is 8.75. The smallest absolute Gasteiger partial charge is 0.311 e. The van der Waals surface area contributed by atoms with Gasteiger partial charge in [-0.3, -0.25) is 20.2 Å². The lowest BCUT2D eigenvalue weighted by Crippen LogP contribution is -1.96. The summed E-state index contributed by atoms with van der Waals surface area (Å²) in [5.74, 6) is -0.556. The number of allylic oxidation sites excluding steroid dienone is 1. The van der Waals surface area contributed by atoms with Gasteiger partial charge in [-0.2, -0.15) is 0 Å². The number of aliphatic hydroxyl groups excluding tert-OH is 1. The molecule has 0 atom stereocenters. The Hall–Kier alpha value is -3.46. The van der Waals surface area contributed by atoms with Gasteiger partial charge >= 0.3 is 11.4 Å².